The number of rotatable bonds is 6. The fourth-order valence-corrected chi connectivity index (χ4v) is 3.16. The number of carbonyl (C=O) groups excluding carboxylic acids is 1. The molecule has 1 aromatic rings. The van der Waals surface area contributed by atoms with Gasteiger partial charge in [-0.05, 0) is 19.1 Å². The summed E-state index contributed by atoms with van der Waals surface area (Å²) in [4.78, 5) is 19.8. The number of aliphatic hydroxyl groups is 1. The third-order valence-corrected chi connectivity index (χ3v) is 4.42. The molecule has 25 heavy (non-hydrogen) atoms. The highest BCUT2D eigenvalue weighted by molar-refractivity contribution is 7.89. The molecule has 2 atom stereocenters. The first-order valence-electron chi connectivity index (χ1n) is 6.31. The second-order valence-corrected chi connectivity index (χ2v) is 6.44. The number of halogens is 3. The van der Waals surface area contributed by atoms with Crippen molar-refractivity contribution in [3.63, 3.8) is 0 Å². The van der Waals surface area contributed by atoms with Crippen LogP contribution >= 0.6 is 0 Å². The van der Waals surface area contributed by atoms with E-state index in [-0.39, 0.29) is 6.07 Å². The molecule has 0 saturated heterocycles. The number of carbonyl (C=O) groups is 1. The van der Waals surface area contributed by atoms with Gasteiger partial charge >= 0.3 is 6.18 Å². The maximum Gasteiger partial charge on any atom is 0.416 e. The van der Waals surface area contributed by atoms with Crippen LogP contribution < -0.4 is 10.2 Å². The van der Waals surface area contributed by atoms with Gasteiger partial charge in [-0.15, -0.1) is 0 Å². The number of nitro benzene ring substituents is 1. The zero-order chi connectivity index (χ0) is 19.6. The quantitative estimate of drug-likeness (QED) is 0.307. The van der Waals surface area contributed by atoms with Crippen molar-refractivity contribution in [1.82, 2.24) is 10.2 Å². The van der Waals surface area contributed by atoms with Crippen molar-refractivity contribution >= 4 is 21.6 Å². The normalized spacial score (nSPS) is 14.6. The van der Waals surface area contributed by atoms with Crippen LogP contribution in [0.3, 0.4) is 0 Å². The number of hydrogen-bond acceptors (Lipinski definition) is 7. The minimum absolute atomic E-state index is 0.0259. The Bertz CT molecular complexity index is 780. The van der Waals surface area contributed by atoms with Crippen molar-refractivity contribution in [2.75, 3.05) is 0 Å². The van der Waals surface area contributed by atoms with Gasteiger partial charge in [0.05, 0.1) is 16.6 Å². The first-order valence-corrected chi connectivity index (χ1v) is 7.79. The highest BCUT2D eigenvalue weighted by Gasteiger charge is 2.37. The number of sulfonamides is 1. The summed E-state index contributed by atoms with van der Waals surface area (Å²) in [5, 5.41) is 28.8. The molecular formula is C11H12F3N3O7S. The zero-order valence-electron chi connectivity index (χ0n) is 12.3. The number of hydrogen-bond donors (Lipinski definition) is 4. The van der Waals surface area contributed by atoms with Gasteiger partial charge < -0.3 is 5.11 Å². The van der Waals surface area contributed by atoms with Gasteiger partial charge in [0.1, 0.15) is 6.04 Å². The maximum absolute atomic E-state index is 12.6. The lowest BCUT2D eigenvalue weighted by atomic mass is 10.2. The van der Waals surface area contributed by atoms with Crippen molar-refractivity contribution in [3.8, 4) is 0 Å². The molecule has 0 saturated carbocycles. The Morgan fingerprint density at radius 2 is 1.92 bits per heavy atom. The van der Waals surface area contributed by atoms with E-state index in [1.165, 1.54) is 0 Å². The molecule has 10 nitrogen and oxygen atoms in total. The standard InChI is InChI=1S/C11H12F3N3O7S/c1-5(18)9(10(19)15-20)16-25(23,24)8-3-2-6(11(12,13)14)4-7(8)17(21)22/h2-5,9,16,18,20H,1H3,(H,15,19)/t5-,9+/m1/s1. The number of nitrogens with one attached hydrogen (secondary N) is 2. The molecule has 0 aliphatic heterocycles. The van der Waals surface area contributed by atoms with Crippen LogP contribution in [0, 0.1) is 10.1 Å². The molecule has 0 heterocycles. The predicted octanol–water partition coefficient (Wildman–Crippen LogP) is 0.147. The van der Waals surface area contributed by atoms with Crippen molar-refractivity contribution in [2.24, 2.45) is 0 Å². The van der Waals surface area contributed by atoms with Crippen LogP contribution in [0.1, 0.15) is 12.5 Å². The van der Waals surface area contributed by atoms with Crippen LogP contribution in [0.5, 0.6) is 0 Å². The number of benzene rings is 1. The molecule has 0 aliphatic rings. The Morgan fingerprint density at radius 3 is 2.32 bits per heavy atom. The Hall–Kier alpha value is -2.29. The lowest BCUT2D eigenvalue weighted by Crippen LogP contribution is -2.51. The Labute approximate surface area is 138 Å². The van der Waals surface area contributed by atoms with Crippen LogP contribution in [0.15, 0.2) is 23.1 Å². The van der Waals surface area contributed by atoms with Gasteiger partial charge in [0, 0.05) is 6.07 Å². The number of alkyl halides is 3. The number of aliphatic hydroxyl groups excluding tert-OH is 1. The average Bonchev–Trinajstić information content (AvgIpc) is 2.50. The SMILES string of the molecule is C[C@@H](O)[C@H](NS(=O)(=O)c1ccc(C(F)(F)F)cc1[N+](=O)[O-])C(=O)NO. The van der Waals surface area contributed by atoms with E-state index in [0.29, 0.717) is 12.1 Å². The van der Waals surface area contributed by atoms with Crippen LogP contribution in [-0.2, 0) is 21.0 Å². The zero-order valence-corrected chi connectivity index (χ0v) is 13.1. The van der Waals surface area contributed by atoms with Crippen molar-refractivity contribution < 1.29 is 41.6 Å². The first-order chi connectivity index (χ1) is 11.3. The van der Waals surface area contributed by atoms with Gasteiger partial charge in [-0.3, -0.25) is 20.1 Å². The summed E-state index contributed by atoms with van der Waals surface area (Å²) >= 11 is 0. The molecule has 0 unspecified atom stereocenters. The van der Waals surface area contributed by atoms with Gasteiger partial charge in [0.25, 0.3) is 11.6 Å². The van der Waals surface area contributed by atoms with Gasteiger partial charge in [0.2, 0.25) is 10.0 Å². The second-order valence-electron chi connectivity index (χ2n) is 4.75. The van der Waals surface area contributed by atoms with Crippen LogP contribution in [0.4, 0.5) is 18.9 Å². The van der Waals surface area contributed by atoms with Crippen molar-refractivity contribution in [3.05, 3.63) is 33.9 Å². The minimum atomic E-state index is -4.95. The average molecular weight is 387 g/mol. The largest absolute Gasteiger partial charge is 0.416 e. The molecule has 1 amide bonds. The molecule has 0 aromatic heterocycles. The van der Waals surface area contributed by atoms with Gasteiger partial charge in [-0.2, -0.15) is 17.9 Å². The smallest absolute Gasteiger partial charge is 0.391 e. The van der Waals surface area contributed by atoms with E-state index in [1.807, 2.05) is 0 Å². The molecule has 4 N–H and O–H groups in total. The topological polar surface area (TPSA) is 159 Å². The minimum Gasteiger partial charge on any atom is -0.391 e. The second kappa shape index (κ2) is 7.30. The van der Waals surface area contributed by atoms with E-state index in [9.17, 15) is 41.6 Å². The van der Waals surface area contributed by atoms with Gasteiger partial charge in [-0.1, -0.05) is 0 Å². The number of nitrogens with zero attached hydrogens (tertiary/aromatic N) is 1. The Kier molecular flexibility index (Phi) is 6.06. The molecule has 0 radical (unpaired) electrons. The molecular weight excluding hydrogens is 375 g/mol. The first kappa shape index (κ1) is 20.8. The third kappa shape index (κ3) is 4.85. The van der Waals surface area contributed by atoms with Crippen molar-refractivity contribution in [2.45, 2.75) is 30.1 Å². The van der Waals surface area contributed by atoms with Crippen LogP contribution in [0.25, 0.3) is 0 Å². The van der Waals surface area contributed by atoms with Crippen LogP contribution in [-0.4, -0.2) is 41.7 Å². The summed E-state index contributed by atoms with van der Waals surface area (Å²) in [5.74, 6) is -1.38. The molecule has 14 heteroatoms. The predicted molar refractivity (Wildman–Crippen MR) is 73.8 cm³/mol. The monoisotopic (exact) mass is 387 g/mol. The number of amides is 1. The highest BCUT2D eigenvalue weighted by atomic mass is 32.2. The Morgan fingerprint density at radius 1 is 1.36 bits per heavy atom. The van der Waals surface area contributed by atoms with E-state index < -0.39 is 55.3 Å². The molecule has 0 spiro atoms. The lowest BCUT2D eigenvalue weighted by Gasteiger charge is -2.19. The summed E-state index contributed by atoms with van der Waals surface area (Å²) in [6.45, 7) is 0.976. The summed E-state index contributed by atoms with van der Waals surface area (Å²) in [7, 11) is -4.89. The van der Waals surface area contributed by atoms with Gasteiger partial charge in [-0.25, -0.2) is 13.9 Å². The molecule has 0 fully saturated rings. The number of hydroxylamine groups is 1. The van der Waals surface area contributed by atoms with E-state index in [4.69, 9.17) is 5.21 Å². The van der Waals surface area contributed by atoms with Crippen LogP contribution in [0.2, 0.25) is 0 Å². The molecule has 0 aliphatic carbocycles. The Balaban J connectivity index is 3.42. The lowest BCUT2D eigenvalue weighted by molar-refractivity contribution is -0.388. The highest BCUT2D eigenvalue weighted by Crippen LogP contribution is 2.34. The van der Waals surface area contributed by atoms with E-state index in [1.54, 1.807) is 4.72 Å². The third-order valence-electron chi connectivity index (χ3n) is 2.93. The van der Waals surface area contributed by atoms with E-state index >= 15 is 0 Å². The van der Waals surface area contributed by atoms with Gasteiger partial charge in [0.15, 0.2) is 4.90 Å². The molecule has 1 rings (SSSR count). The van der Waals surface area contributed by atoms with E-state index in [2.05, 4.69) is 0 Å². The fraction of sp³-hybridized carbons (Fsp3) is 0.364. The fourth-order valence-electron chi connectivity index (χ4n) is 1.73. The molecule has 140 valence electrons. The van der Waals surface area contributed by atoms with Crippen molar-refractivity contribution in [1.29, 1.82) is 0 Å². The summed E-state index contributed by atoms with van der Waals surface area (Å²) in [6.07, 6.45) is -6.62. The summed E-state index contributed by atoms with van der Waals surface area (Å²) < 4.78 is 63.8. The molecule has 0 bridgehead atoms. The number of nitro groups is 1. The maximum atomic E-state index is 12.6. The van der Waals surface area contributed by atoms with E-state index in [0.717, 1.165) is 12.4 Å². The summed E-state index contributed by atoms with van der Waals surface area (Å²) in [5.41, 5.74) is -1.75. The molecule has 1 aromatic carbocycles. The summed E-state index contributed by atoms with van der Waals surface area (Å²) in [6, 6.07) is -1.26.